The molecule has 0 bridgehead atoms. The first-order valence-corrected chi connectivity index (χ1v) is 9.33. The van der Waals surface area contributed by atoms with E-state index in [1.54, 1.807) is 6.08 Å². The largest absolute Gasteiger partial charge is 0.478 e. The molecule has 1 fully saturated rings. The minimum atomic E-state index is -1.00. The van der Waals surface area contributed by atoms with Gasteiger partial charge in [-0.2, -0.15) is 0 Å². The van der Waals surface area contributed by atoms with Crippen LogP contribution in [0.4, 0.5) is 0 Å². The third kappa shape index (κ3) is 3.58. The molecule has 0 radical (unpaired) electrons. The monoisotopic (exact) mass is 336 g/mol. The molecule has 136 valence electrons. The second-order valence-electron chi connectivity index (χ2n) is 8.34. The second-order valence-corrected chi connectivity index (χ2v) is 8.34. The molecule has 0 saturated heterocycles. The number of ketones is 1. The van der Waals surface area contributed by atoms with Gasteiger partial charge in [-0.05, 0) is 55.3 Å². The van der Waals surface area contributed by atoms with Gasteiger partial charge in [0.15, 0.2) is 0 Å². The number of carboxylic acid groups (broad SMARTS) is 1. The van der Waals surface area contributed by atoms with E-state index in [0.717, 1.165) is 25.7 Å². The average molecular weight is 336 g/mol. The van der Waals surface area contributed by atoms with E-state index >= 15 is 0 Å². The lowest BCUT2D eigenvalue weighted by Gasteiger charge is -2.45. The summed E-state index contributed by atoms with van der Waals surface area (Å²) < 4.78 is 0. The summed E-state index contributed by atoms with van der Waals surface area (Å²) in [5.74, 6) is 0.755. The van der Waals surface area contributed by atoms with Gasteiger partial charge in [0.25, 0.3) is 0 Å². The molecule has 0 amide bonds. The predicted molar refractivity (Wildman–Crippen MR) is 93.5 cm³/mol. The van der Waals surface area contributed by atoms with E-state index in [1.165, 1.54) is 0 Å². The van der Waals surface area contributed by atoms with Crippen LogP contribution in [-0.4, -0.2) is 28.1 Å². The van der Waals surface area contributed by atoms with Crippen molar-refractivity contribution in [3.63, 3.8) is 0 Å². The van der Waals surface area contributed by atoms with E-state index in [0.29, 0.717) is 36.4 Å². The molecule has 4 heteroatoms. The summed E-state index contributed by atoms with van der Waals surface area (Å²) in [5.41, 5.74) is 0.139. The Hall–Kier alpha value is -1.16. The van der Waals surface area contributed by atoms with Crippen LogP contribution >= 0.6 is 0 Å². The Bertz CT molecular complexity index is 522. The van der Waals surface area contributed by atoms with Gasteiger partial charge in [0.05, 0.1) is 11.7 Å². The molecule has 5 unspecified atom stereocenters. The average Bonchev–Trinajstić information content (AvgIpc) is 2.80. The fraction of sp³-hybridized carbons (Fsp3) is 0.800. The normalized spacial score (nSPS) is 34.4. The summed E-state index contributed by atoms with van der Waals surface area (Å²) in [5, 5.41) is 19.6. The fourth-order valence-electron chi connectivity index (χ4n) is 5.01. The third-order valence-corrected chi connectivity index (χ3v) is 6.69. The Kier molecular flexibility index (Phi) is 5.90. The van der Waals surface area contributed by atoms with Crippen molar-refractivity contribution in [2.45, 2.75) is 72.3 Å². The van der Waals surface area contributed by atoms with Gasteiger partial charge in [0, 0.05) is 12.3 Å². The van der Waals surface area contributed by atoms with Crippen LogP contribution in [0.25, 0.3) is 0 Å². The van der Waals surface area contributed by atoms with E-state index in [2.05, 4.69) is 13.8 Å². The first-order valence-electron chi connectivity index (χ1n) is 9.33. The standard InChI is InChI=1S/C20H32O4/c1-12(2)17(21)8-5-13(3)16-7-6-14(4)20(16)10-9-15(19(23)24)18(22)11-20/h9,12-14,16,18,22H,5-8,10-11H2,1-4H3,(H,23,24). The zero-order valence-corrected chi connectivity index (χ0v) is 15.4. The summed E-state index contributed by atoms with van der Waals surface area (Å²) in [6, 6.07) is 0. The molecular formula is C20H32O4. The Morgan fingerprint density at radius 1 is 1.29 bits per heavy atom. The Morgan fingerprint density at radius 3 is 2.50 bits per heavy atom. The summed E-state index contributed by atoms with van der Waals surface area (Å²) in [4.78, 5) is 23.2. The van der Waals surface area contributed by atoms with Crippen molar-refractivity contribution >= 4 is 11.8 Å². The zero-order valence-electron chi connectivity index (χ0n) is 15.4. The van der Waals surface area contributed by atoms with Crippen molar-refractivity contribution in [1.82, 2.24) is 0 Å². The molecule has 2 rings (SSSR count). The topological polar surface area (TPSA) is 74.6 Å². The minimum absolute atomic E-state index is 0.0152. The third-order valence-electron chi connectivity index (χ3n) is 6.69. The van der Waals surface area contributed by atoms with Gasteiger partial charge in [-0.1, -0.05) is 33.8 Å². The molecule has 0 aliphatic heterocycles. The number of aliphatic hydroxyl groups is 1. The molecule has 0 heterocycles. The van der Waals surface area contributed by atoms with Gasteiger partial charge in [0.1, 0.15) is 5.78 Å². The first-order chi connectivity index (χ1) is 11.2. The smallest absolute Gasteiger partial charge is 0.333 e. The number of aliphatic hydroxyl groups excluding tert-OH is 1. The van der Waals surface area contributed by atoms with Crippen LogP contribution in [0.2, 0.25) is 0 Å². The number of carbonyl (C=O) groups is 2. The van der Waals surface area contributed by atoms with Crippen LogP contribution in [0.3, 0.4) is 0 Å². The molecule has 0 aromatic heterocycles. The van der Waals surface area contributed by atoms with Crippen LogP contribution in [-0.2, 0) is 9.59 Å². The molecule has 24 heavy (non-hydrogen) atoms. The Morgan fingerprint density at radius 2 is 1.96 bits per heavy atom. The summed E-state index contributed by atoms with van der Waals surface area (Å²) >= 11 is 0. The van der Waals surface area contributed by atoms with Crippen LogP contribution in [0.1, 0.15) is 66.2 Å². The number of carbonyl (C=O) groups excluding carboxylic acids is 1. The van der Waals surface area contributed by atoms with Crippen molar-refractivity contribution in [2.24, 2.45) is 29.1 Å². The minimum Gasteiger partial charge on any atom is -0.478 e. The maximum atomic E-state index is 11.9. The van der Waals surface area contributed by atoms with Gasteiger partial charge in [0.2, 0.25) is 0 Å². The number of hydrogen-bond acceptors (Lipinski definition) is 3. The Balaban J connectivity index is 2.13. The van der Waals surface area contributed by atoms with Gasteiger partial charge in [-0.3, -0.25) is 4.79 Å². The molecule has 1 saturated carbocycles. The fourth-order valence-corrected chi connectivity index (χ4v) is 5.01. The lowest BCUT2D eigenvalue weighted by atomic mass is 9.60. The quantitative estimate of drug-likeness (QED) is 0.773. The molecule has 4 nitrogen and oxygen atoms in total. The molecule has 2 aliphatic rings. The molecule has 2 aliphatic carbocycles. The van der Waals surface area contributed by atoms with Crippen molar-refractivity contribution in [2.75, 3.05) is 0 Å². The van der Waals surface area contributed by atoms with E-state index < -0.39 is 12.1 Å². The highest BCUT2D eigenvalue weighted by Gasteiger charge is 2.52. The van der Waals surface area contributed by atoms with Crippen molar-refractivity contribution < 1.29 is 19.8 Å². The van der Waals surface area contributed by atoms with E-state index in [4.69, 9.17) is 0 Å². The SMILES string of the molecule is CC(C)C(=O)CCC(C)C1CCC(C)C12CC=C(C(=O)O)C(O)C2. The summed E-state index contributed by atoms with van der Waals surface area (Å²) in [6.45, 7) is 8.35. The van der Waals surface area contributed by atoms with Crippen molar-refractivity contribution in [3.05, 3.63) is 11.6 Å². The number of aliphatic carboxylic acids is 1. The molecule has 0 aromatic carbocycles. The van der Waals surface area contributed by atoms with Gasteiger partial charge in [-0.25, -0.2) is 4.79 Å². The lowest BCUT2D eigenvalue weighted by molar-refractivity contribution is -0.134. The highest BCUT2D eigenvalue weighted by molar-refractivity contribution is 5.88. The predicted octanol–water partition coefficient (Wildman–Crippen LogP) is 3.83. The molecule has 2 N–H and O–H groups in total. The van der Waals surface area contributed by atoms with E-state index in [1.807, 2.05) is 13.8 Å². The highest BCUT2D eigenvalue weighted by Crippen LogP contribution is 2.58. The Labute approximate surface area is 145 Å². The maximum Gasteiger partial charge on any atom is 0.333 e. The second kappa shape index (κ2) is 7.38. The van der Waals surface area contributed by atoms with E-state index in [9.17, 15) is 19.8 Å². The number of Topliss-reactive ketones (excluding diaryl/α,β-unsaturated/α-hetero) is 1. The molecule has 1 spiro atoms. The summed E-state index contributed by atoms with van der Waals surface area (Å²) in [7, 11) is 0. The van der Waals surface area contributed by atoms with Crippen LogP contribution in [0, 0.1) is 29.1 Å². The lowest BCUT2D eigenvalue weighted by Crippen LogP contribution is -2.41. The maximum absolute atomic E-state index is 11.9. The van der Waals surface area contributed by atoms with Crippen LogP contribution in [0.15, 0.2) is 11.6 Å². The van der Waals surface area contributed by atoms with Gasteiger partial charge >= 0.3 is 5.97 Å². The number of rotatable bonds is 6. The number of allylic oxidation sites excluding steroid dienone is 1. The molecule has 5 atom stereocenters. The van der Waals surface area contributed by atoms with E-state index in [-0.39, 0.29) is 16.9 Å². The molecular weight excluding hydrogens is 304 g/mol. The van der Waals surface area contributed by atoms with Gasteiger partial charge < -0.3 is 10.2 Å². The van der Waals surface area contributed by atoms with Gasteiger partial charge in [-0.15, -0.1) is 0 Å². The molecule has 0 aromatic rings. The highest BCUT2D eigenvalue weighted by atomic mass is 16.4. The number of hydrogen-bond donors (Lipinski definition) is 2. The summed E-state index contributed by atoms with van der Waals surface area (Å²) in [6.07, 6.45) is 5.90. The van der Waals surface area contributed by atoms with Crippen molar-refractivity contribution in [3.8, 4) is 0 Å². The van der Waals surface area contributed by atoms with Crippen LogP contribution < -0.4 is 0 Å². The van der Waals surface area contributed by atoms with Crippen LogP contribution in [0.5, 0.6) is 0 Å². The first kappa shape index (κ1) is 19.2. The number of carboxylic acids is 1. The zero-order chi connectivity index (χ0) is 18.1. The van der Waals surface area contributed by atoms with Crippen molar-refractivity contribution in [1.29, 1.82) is 0 Å².